The van der Waals surface area contributed by atoms with E-state index in [1.54, 1.807) is 0 Å². The average Bonchev–Trinajstić information content (AvgIpc) is 1.12. The Bertz CT molecular complexity index is 219. The molecule has 0 aliphatic heterocycles. The molecular formula is H5IMnO8S2Zn. The topological polar surface area (TPSA) is 149 Å². The quantitative estimate of drug-likeness (QED) is 0.218. The van der Waals surface area contributed by atoms with Gasteiger partial charge in [-0.05, 0) is 0 Å². The Morgan fingerprint density at radius 3 is 0.692 bits per heavy atom. The van der Waals surface area contributed by atoms with E-state index >= 15 is 0 Å². The Morgan fingerprint density at radius 2 is 0.692 bits per heavy atom. The summed E-state index contributed by atoms with van der Waals surface area (Å²) < 4.78 is 63.2. The first-order chi connectivity index (χ1) is 4.00. The van der Waals surface area contributed by atoms with Gasteiger partial charge in [-0.25, -0.2) is 0 Å². The van der Waals surface area contributed by atoms with E-state index in [1.165, 1.54) is 0 Å². The van der Waals surface area contributed by atoms with Gasteiger partial charge in [0.1, 0.15) is 0 Å². The molecule has 0 aliphatic carbocycles. The van der Waals surface area contributed by atoms with Crippen molar-refractivity contribution < 1.29 is 71.6 Å². The summed E-state index contributed by atoms with van der Waals surface area (Å²) in [5.41, 5.74) is 0. The SMILES string of the molecule is I.O=S(=O)(O)O.O=S(=O)(O)O.[Mn].[Zn]. The van der Waals surface area contributed by atoms with Crippen LogP contribution in [-0.4, -0.2) is 35.0 Å². The monoisotopic (exact) mass is 443 g/mol. The molecule has 13 heavy (non-hydrogen) atoms. The molecule has 0 aliphatic rings. The van der Waals surface area contributed by atoms with Gasteiger partial charge in [0, 0.05) is 36.5 Å². The van der Waals surface area contributed by atoms with Crippen LogP contribution in [0.1, 0.15) is 0 Å². The molecule has 0 aromatic carbocycles. The molecule has 0 fully saturated rings. The second-order valence-corrected chi connectivity index (χ2v) is 2.69. The smallest absolute Gasteiger partial charge is 0.264 e. The van der Waals surface area contributed by atoms with Crippen molar-refractivity contribution in [2.75, 3.05) is 0 Å². The van der Waals surface area contributed by atoms with Crippen LogP contribution in [0.3, 0.4) is 0 Å². The van der Waals surface area contributed by atoms with Crippen LogP contribution < -0.4 is 0 Å². The van der Waals surface area contributed by atoms with E-state index in [2.05, 4.69) is 0 Å². The average molecular weight is 444 g/mol. The third-order valence-electron chi connectivity index (χ3n) is 0. The van der Waals surface area contributed by atoms with E-state index in [4.69, 9.17) is 35.0 Å². The molecule has 1 radical (unpaired) electrons. The molecule has 13 heteroatoms. The molecule has 0 rings (SSSR count). The number of halogens is 1. The van der Waals surface area contributed by atoms with Crippen LogP contribution in [0.4, 0.5) is 0 Å². The molecule has 4 N–H and O–H groups in total. The molecule has 0 spiro atoms. The van der Waals surface area contributed by atoms with E-state index < -0.39 is 20.8 Å². The fourth-order valence-electron chi connectivity index (χ4n) is 0. The molecule has 81 valence electrons. The summed E-state index contributed by atoms with van der Waals surface area (Å²) in [6.07, 6.45) is 0. The van der Waals surface area contributed by atoms with Gasteiger partial charge in [-0.1, -0.05) is 0 Å². The molecule has 0 aromatic heterocycles. The molecular weight excluding hydrogens is 439 g/mol. The Hall–Kier alpha value is 1.61. The molecule has 0 saturated heterocycles. The van der Waals surface area contributed by atoms with E-state index in [0.717, 1.165) is 0 Å². The summed E-state index contributed by atoms with van der Waals surface area (Å²) in [5.74, 6) is 0. The van der Waals surface area contributed by atoms with E-state index in [-0.39, 0.29) is 60.5 Å². The minimum atomic E-state index is -4.67. The Morgan fingerprint density at radius 1 is 0.692 bits per heavy atom. The molecule has 0 unspecified atom stereocenters. The number of rotatable bonds is 0. The fraction of sp³-hybridized carbons (Fsp3) is 0. The van der Waals surface area contributed by atoms with Gasteiger partial charge in [-0.3, -0.25) is 18.2 Å². The predicted octanol–water partition coefficient (Wildman–Crippen LogP) is -0.693. The normalized spacial score (nSPS) is 8.92. The van der Waals surface area contributed by atoms with Gasteiger partial charge < -0.3 is 0 Å². The third kappa shape index (κ3) is 706. The van der Waals surface area contributed by atoms with Gasteiger partial charge in [-0.15, -0.1) is 24.0 Å². The Balaban J connectivity index is -0.0000000267. The summed E-state index contributed by atoms with van der Waals surface area (Å²) >= 11 is 0. The number of hydrogen-bond acceptors (Lipinski definition) is 4. The molecule has 0 bridgehead atoms. The molecule has 0 aromatic rings. The molecule has 0 saturated carbocycles. The largest absolute Gasteiger partial charge is 0.394 e. The first kappa shape index (κ1) is 29.3. The predicted molar refractivity (Wildman–Crippen MR) is 43.8 cm³/mol. The van der Waals surface area contributed by atoms with Crippen LogP contribution in [-0.2, 0) is 57.3 Å². The van der Waals surface area contributed by atoms with Crippen molar-refractivity contribution >= 4 is 44.8 Å². The third-order valence-corrected chi connectivity index (χ3v) is 0. The van der Waals surface area contributed by atoms with Gasteiger partial charge >= 0.3 is 20.8 Å². The minimum Gasteiger partial charge on any atom is -0.264 e. The zero-order valence-corrected chi connectivity index (χ0v) is 13.8. The molecule has 0 heterocycles. The maximum absolute atomic E-state index is 8.74. The minimum absolute atomic E-state index is 0. The van der Waals surface area contributed by atoms with Crippen molar-refractivity contribution in [1.82, 2.24) is 0 Å². The van der Waals surface area contributed by atoms with Crippen LogP contribution in [0.25, 0.3) is 0 Å². The molecule has 8 nitrogen and oxygen atoms in total. The van der Waals surface area contributed by atoms with Crippen molar-refractivity contribution in [3.63, 3.8) is 0 Å². The Labute approximate surface area is 115 Å². The fourth-order valence-corrected chi connectivity index (χ4v) is 0. The maximum Gasteiger partial charge on any atom is 0.394 e. The summed E-state index contributed by atoms with van der Waals surface area (Å²) in [4.78, 5) is 0. The number of hydrogen-bond donors (Lipinski definition) is 4. The van der Waals surface area contributed by atoms with Crippen molar-refractivity contribution in [2.45, 2.75) is 0 Å². The van der Waals surface area contributed by atoms with E-state index in [0.29, 0.717) is 0 Å². The summed E-state index contributed by atoms with van der Waals surface area (Å²) in [5, 5.41) is 0. The van der Waals surface area contributed by atoms with Crippen molar-refractivity contribution in [3.8, 4) is 0 Å². The van der Waals surface area contributed by atoms with Crippen LogP contribution in [0.15, 0.2) is 0 Å². The van der Waals surface area contributed by atoms with Crippen LogP contribution >= 0.6 is 24.0 Å². The van der Waals surface area contributed by atoms with Gasteiger partial charge in [-0.2, -0.15) is 16.8 Å². The second-order valence-electron chi connectivity index (χ2n) is 0.896. The van der Waals surface area contributed by atoms with Crippen molar-refractivity contribution in [3.05, 3.63) is 0 Å². The summed E-state index contributed by atoms with van der Waals surface area (Å²) in [6.45, 7) is 0. The van der Waals surface area contributed by atoms with Gasteiger partial charge in [0.05, 0.1) is 0 Å². The summed E-state index contributed by atoms with van der Waals surface area (Å²) in [6, 6.07) is 0. The van der Waals surface area contributed by atoms with Crippen molar-refractivity contribution in [1.29, 1.82) is 0 Å². The Kier molecular flexibility index (Phi) is 26.3. The van der Waals surface area contributed by atoms with E-state index in [1.807, 2.05) is 0 Å². The van der Waals surface area contributed by atoms with Gasteiger partial charge in [0.2, 0.25) is 0 Å². The van der Waals surface area contributed by atoms with Gasteiger partial charge in [0.15, 0.2) is 0 Å². The maximum atomic E-state index is 8.74. The first-order valence-corrected chi connectivity index (χ1v) is 4.19. The van der Waals surface area contributed by atoms with Gasteiger partial charge in [0.25, 0.3) is 0 Å². The zero-order chi connectivity index (χ0) is 9.00. The zero-order valence-electron chi connectivity index (χ0n) is 5.73. The molecule has 0 atom stereocenters. The van der Waals surface area contributed by atoms with Crippen LogP contribution in [0, 0.1) is 0 Å². The second kappa shape index (κ2) is 11.7. The van der Waals surface area contributed by atoms with Crippen LogP contribution in [0.5, 0.6) is 0 Å². The first-order valence-electron chi connectivity index (χ1n) is 1.40. The van der Waals surface area contributed by atoms with Crippen molar-refractivity contribution in [2.24, 2.45) is 0 Å². The molecule has 0 amide bonds. The summed E-state index contributed by atoms with van der Waals surface area (Å²) in [7, 11) is -9.33. The standard InChI is InChI=1S/HI.Mn.2H2O4S.Zn/c;;2*1-5(2,3)4;/h1H;;2*(H2,1,2,3,4);. The van der Waals surface area contributed by atoms with E-state index in [9.17, 15) is 0 Å². The van der Waals surface area contributed by atoms with Crippen LogP contribution in [0.2, 0.25) is 0 Å².